The van der Waals surface area contributed by atoms with Gasteiger partial charge in [-0.15, -0.1) is 0 Å². The van der Waals surface area contributed by atoms with Crippen molar-refractivity contribution in [1.82, 2.24) is 5.32 Å². The van der Waals surface area contributed by atoms with Gasteiger partial charge in [0.15, 0.2) is 6.29 Å². The second-order valence-electron chi connectivity index (χ2n) is 7.50. The van der Waals surface area contributed by atoms with E-state index in [-0.39, 0.29) is 29.6 Å². The number of unbranched alkanes of at least 4 members (excludes halogenated alkanes) is 9. The molecule has 1 amide bonds. The summed E-state index contributed by atoms with van der Waals surface area (Å²) >= 11 is 0. The minimum absolute atomic E-state index is 0. The molecule has 0 aromatic carbocycles. The van der Waals surface area contributed by atoms with Gasteiger partial charge in [0.1, 0.15) is 24.4 Å². The molecule has 1 aliphatic rings. The smallest absolute Gasteiger partial charge is 0.547 e. The summed E-state index contributed by atoms with van der Waals surface area (Å²) in [6, 6.07) is -1.05. The topological polar surface area (TPSA) is 128 Å². The normalized spacial score (nSPS) is 26.6. The molecule has 0 bridgehead atoms. The Morgan fingerprint density at radius 2 is 1.48 bits per heavy atom. The van der Waals surface area contributed by atoms with Crippen LogP contribution in [0.2, 0.25) is 0 Å². The van der Waals surface area contributed by atoms with Crippen LogP contribution >= 0.6 is 0 Å². The van der Waals surface area contributed by atoms with E-state index in [1.54, 1.807) is 0 Å². The van der Waals surface area contributed by atoms with Crippen molar-refractivity contribution in [2.24, 2.45) is 0 Å². The summed E-state index contributed by atoms with van der Waals surface area (Å²) in [5, 5.41) is 33.5. The van der Waals surface area contributed by atoms with Crippen LogP contribution in [-0.4, -0.2) is 59.3 Å². The third-order valence-electron chi connectivity index (χ3n) is 4.98. The van der Waals surface area contributed by atoms with Crippen LogP contribution in [-0.2, 0) is 19.1 Å². The molecule has 0 aliphatic carbocycles. The van der Waals surface area contributed by atoms with E-state index in [1.165, 1.54) is 51.9 Å². The van der Waals surface area contributed by atoms with Gasteiger partial charge in [0.05, 0.1) is 5.97 Å². The Kier molecular flexibility index (Phi) is 16.3. The number of carboxylic acids is 1. The predicted octanol–water partition coefficient (Wildman–Crippen LogP) is -2.37. The van der Waals surface area contributed by atoms with E-state index < -0.39 is 42.5 Å². The Balaban J connectivity index is 0.00000784. The molecule has 0 aromatic heterocycles. The zero-order valence-electron chi connectivity index (χ0n) is 18.1. The summed E-state index contributed by atoms with van der Waals surface area (Å²) in [4.78, 5) is 22.4. The molecule has 0 saturated carbocycles. The molecule has 5 atom stereocenters. The standard InChI is InChI=1S/C20H37NO7.Na/c1-3-4-5-6-7-8-9-10-11-12-13-27-20-15(21-14(2)22)16(23)17(24)18(28-20)19(25)26;/h15-18,20,23-24H,3-13H2,1-2H3,(H,21,22)(H,25,26);/q;+1/p-1/t15-,16-,17+,18+,20?;/m1./s1. The third-order valence-corrected chi connectivity index (χ3v) is 4.98. The van der Waals surface area contributed by atoms with Crippen molar-refractivity contribution in [3.63, 3.8) is 0 Å². The van der Waals surface area contributed by atoms with Gasteiger partial charge in [0.25, 0.3) is 0 Å². The van der Waals surface area contributed by atoms with Crippen molar-refractivity contribution in [3.8, 4) is 0 Å². The molecule has 0 aromatic rings. The van der Waals surface area contributed by atoms with Gasteiger partial charge in [-0.2, -0.15) is 0 Å². The zero-order valence-corrected chi connectivity index (χ0v) is 20.1. The number of ether oxygens (including phenoxy) is 2. The summed E-state index contributed by atoms with van der Waals surface area (Å²) in [5.74, 6) is -2.08. The molecule has 1 aliphatic heterocycles. The van der Waals surface area contributed by atoms with Crippen molar-refractivity contribution in [1.29, 1.82) is 0 Å². The van der Waals surface area contributed by atoms with Crippen LogP contribution in [0.5, 0.6) is 0 Å². The molecular weight excluding hydrogens is 389 g/mol. The van der Waals surface area contributed by atoms with Crippen LogP contribution in [0.1, 0.15) is 78.1 Å². The summed E-state index contributed by atoms with van der Waals surface area (Å²) < 4.78 is 10.8. The van der Waals surface area contributed by atoms with E-state index in [0.29, 0.717) is 6.61 Å². The number of aliphatic carboxylic acids is 1. The second kappa shape index (κ2) is 16.5. The Morgan fingerprint density at radius 3 is 1.97 bits per heavy atom. The van der Waals surface area contributed by atoms with Gasteiger partial charge >= 0.3 is 29.6 Å². The maximum atomic E-state index is 11.3. The van der Waals surface area contributed by atoms with Crippen molar-refractivity contribution in [3.05, 3.63) is 0 Å². The van der Waals surface area contributed by atoms with Crippen molar-refractivity contribution >= 4 is 11.9 Å². The summed E-state index contributed by atoms with van der Waals surface area (Å²) in [6.45, 7) is 3.77. The van der Waals surface area contributed by atoms with Gasteiger partial charge in [0.2, 0.25) is 5.91 Å². The predicted molar refractivity (Wildman–Crippen MR) is 101 cm³/mol. The summed E-state index contributed by atoms with van der Waals surface area (Å²) in [7, 11) is 0. The Bertz CT molecular complexity index is 466. The molecule has 164 valence electrons. The van der Waals surface area contributed by atoms with E-state index in [1.807, 2.05) is 0 Å². The van der Waals surface area contributed by atoms with Crippen molar-refractivity contribution in [2.45, 2.75) is 109 Å². The van der Waals surface area contributed by atoms with Crippen LogP contribution in [0.15, 0.2) is 0 Å². The number of carbonyl (C=O) groups excluding carboxylic acids is 2. The quantitative estimate of drug-likeness (QED) is 0.210. The second-order valence-corrected chi connectivity index (χ2v) is 7.50. The van der Waals surface area contributed by atoms with Crippen LogP contribution in [0, 0.1) is 0 Å². The number of rotatable bonds is 14. The Morgan fingerprint density at radius 1 is 0.966 bits per heavy atom. The molecule has 8 nitrogen and oxygen atoms in total. The average molecular weight is 425 g/mol. The number of aliphatic hydroxyl groups is 2. The van der Waals surface area contributed by atoms with E-state index in [2.05, 4.69) is 12.2 Å². The van der Waals surface area contributed by atoms with E-state index >= 15 is 0 Å². The van der Waals surface area contributed by atoms with Crippen LogP contribution in [0.3, 0.4) is 0 Å². The monoisotopic (exact) mass is 425 g/mol. The van der Waals surface area contributed by atoms with Gasteiger partial charge in [-0.1, -0.05) is 64.7 Å². The number of hydrogen-bond acceptors (Lipinski definition) is 7. The van der Waals surface area contributed by atoms with Crippen molar-refractivity contribution in [2.75, 3.05) is 6.61 Å². The molecule has 9 heteroatoms. The molecule has 1 unspecified atom stereocenters. The minimum atomic E-state index is -1.71. The number of carbonyl (C=O) groups is 2. The molecule has 1 saturated heterocycles. The first kappa shape index (κ1) is 28.8. The summed E-state index contributed by atoms with van der Waals surface area (Å²) in [6.07, 6.45) is 5.59. The third kappa shape index (κ3) is 11.1. The van der Waals surface area contributed by atoms with E-state index in [0.717, 1.165) is 19.3 Å². The number of nitrogens with one attached hydrogen (secondary N) is 1. The molecule has 3 N–H and O–H groups in total. The summed E-state index contributed by atoms with van der Waals surface area (Å²) in [5.41, 5.74) is 0. The molecule has 1 heterocycles. The first-order valence-electron chi connectivity index (χ1n) is 10.5. The molecule has 0 spiro atoms. The Labute approximate surface area is 196 Å². The largest absolute Gasteiger partial charge is 1.00 e. The van der Waals surface area contributed by atoms with Crippen LogP contribution < -0.4 is 40.0 Å². The van der Waals surface area contributed by atoms with Gasteiger partial charge in [-0.25, -0.2) is 0 Å². The fourth-order valence-corrected chi connectivity index (χ4v) is 3.38. The average Bonchev–Trinajstić information content (AvgIpc) is 2.64. The number of hydrogen-bond donors (Lipinski definition) is 3. The van der Waals surface area contributed by atoms with E-state index in [4.69, 9.17) is 9.47 Å². The molecule has 29 heavy (non-hydrogen) atoms. The first-order chi connectivity index (χ1) is 13.4. The van der Waals surface area contributed by atoms with Gasteiger partial charge < -0.3 is 34.9 Å². The van der Waals surface area contributed by atoms with E-state index in [9.17, 15) is 24.9 Å². The molecule has 1 rings (SSSR count). The number of amides is 1. The minimum Gasteiger partial charge on any atom is -0.547 e. The Hall–Kier alpha value is -0.220. The van der Waals surface area contributed by atoms with Gasteiger partial charge in [-0.05, 0) is 6.42 Å². The maximum absolute atomic E-state index is 11.3. The number of carboxylic acid groups (broad SMARTS) is 1. The zero-order chi connectivity index (χ0) is 20.9. The number of aliphatic hydroxyl groups excluding tert-OH is 2. The fraction of sp³-hybridized carbons (Fsp3) is 0.900. The van der Waals surface area contributed by atoms with Gasteiger partial charge in [-0.3, -0.25) is 4.79 Å². The van der Waals surface area contributed by atoms with Crippen LogP contribution in [0.4, 0.5) is 0 Å². The fourth-order valence-electron chi connectivity index (χ4n) is 3.38. The molecular formula is C20H36NNaO7. The maximum Gasteiger partial charge on any atom is 1.00 e. The van der Waals surface area contributed by atoms with Crippen molar-refractivity contribution < 1.29 is 63.9 Å². The van der Waals surface area contributed by atoms with Crippen LogP contribution in [0.25, 0.3) is 0 Å². The molecule has 1 fully saturated rings. The SMILES string of the molecule is CCCCCCCCCCCCOC1O[C@H](C(=O)[O-])[C@@H](O)[C@H](O)[C@H]1NC(C)=O.[Na+]. The molecule has 0 radical (unpaired) electrons. The van der Waals surface area contributed by atoms with Gasteiger partial charge in [0, 0.05) is 13.5 Å². The first-order valence-corrected chi connectivity index (χ1v) is 10.5.